The highest BCUT2D eigenvalue weighted by molar-refractivity contribution is 6.10. The minimum atomic E-state index is -0.661. The van der Waals surface area contributed by atoms with Gasteiger partial charge in [0.25, 0.3) is 0 Å². The van der Waals surface area contributed by atoms with Crippen LogP contribution < -0.4 is 14.2 Å². The molecule has 7 nitrogen and oxygen atoms in total. The molecule has 0 radical (unpaired) electrons. The van der Waals surface area contributed by atoms with E-state index in [4.69, 9.17) is 18.9 Å². The Morgan fingerprint density at radius 3 is 1.86 bits per heavy atom. The fourth-order valence-corrected chi connectivity index (χ4v) is 3.08. The number of allylic oxidation sites excluding steroid dienone is 1. The molecule has 0 aliphatic heterocycles. The normalized spacial score (nSPS) is 12.1. The maximum atomic E-state index is 13.2. The first-order valence-electron chi connectivity index (χ1n) is 12.4. The Balaban J connectivity index is 2.41. The van der Waals surface area contributed by atoms with E-state index in [0.29, 0.717) is 41.4 Å². The summed E-state index contributed by atoms with van der Waals surface area (Å²) in [5.74, 6) is 0.276. The Kier molecular flexibility index (Phi) is 9.67. The van der Waals surface area contributed by atoms with E-state index in [1.165, 1.54) is 7.11 Å². The number of carbonyl (C=O) groups excluding carboxylic acids is 3. The maximum absolute atomic E-state index is 13.2. The van der Waals surface area contributed by atoms with E-state index < -0.39 is 10.8 Å². The van der Waals surface area contributed by atoms with Crippen LogP contribution in [-0.4, -0.2) is 31.4 Å². The number of aryl methyl sites for hydroxylation is 1. The first kappa shape index (κ1) is 29.6. The highest BCUT2D eigenvalue weighted by Crippen LogP contribution is 2.33. The molecule has 0 N–H and O–H groups in total. The lowest BCUT2D eigenvalue weighted by Gasteiger charge is -2.19. The number of rotatable bonds is 9. The Morgan fingerprint density at radius 1 is 0.811 bits per heavy atom. The van der Waals surface area contributed by atoms with Gasteiger partial charge in [-0.3, -0.25) is 14.4 Å². The second-order valence-corrected chi connectivity index (χ2v) is 10.6. The first-order valence-corrected chi connectivity index (χ1v) is 12.4. The molecule has 0 fully saturated rings. The van der Waals surface area contributed by atoms with E-state index >= 15 is 0 Å². The Morgan fingerprint density at radius 2 is 1.38 bits per heavy atom. The number of esters is 2. The lowest BCUT2D eigenvalue weighted by molar-refractivity contribution is -0.143. The molecule has 0 heterocycles. The molecule has 37 heavy (non-hydrogen) atoms. The zero-order valence-electron chi connectivity index (χ0n) is 23.3. The number of carbonyl (C=O) groups is 3. The van der Waals surface area contributed by atoms with E-state index in [1.54, 1.807) is 78.0 Å². The van der Waals surface area contributed by atoms with Gasteiger partial charge in [0, 0.05) is 17.2 Å². The summed E-state index contributed by atoms with van der Waals surface area (Å²) >= 11 is 0. The molecule has 0 saturated carbocycles. The van der Waals surface area contributed by atoms with Crippen LogP contribution in [0.5, 0.6) is 17.2 Å². The van der Waals surface area contributed by atoms with Crippen molar-refractivity contribution in [1.29, 1.82) is 0 Å². The van der Waals surface area contributed by atoms with Crippen LogP contribution in [0.4, 0.5) is 0 Å². The van der Waals surface area contributed by atoms with Crippen molar-refractivity contribution in [3.8, 4) is 17.2 Å². The van der Waals surface area contributed by atoms with Gasteiger partial charge in [0.1, 0.15) is 17.2 Å². The van der Waals surface area contributed by atoms with Crippen LogP contribution >= 0.6 is 0 Å². The standard InChI is InChI=1S/C30H38O7/c1-10-19-16-21(23(35-11-2)18-24(19)37-28(33)30(6,7)8)17-25(34-9)26(31)20-12-14-22(15-13-20)36-27(32)29(3,4)5/h12-18H,10-11H2,1-9H3. The molecular weight excluding hydrogens is 472 g/mol. The smallest absolute Gasteiger partial charge is 0.316 e. The summed E-state index contributed by atoms with van der Waals surface area (Å²) in [5, 5.41) is 0. The van der Waals surface area contributed by atoms with Gasteiger partial charge in [-0.05, 0) is 96.9 Å². The van der Waals surface area contributed by atoms with Gasteiger partial charge in [-0.25, -0.2) is 0 Å². The Hall–Kier alpha value is -3.61. The van der Waals surface area contributed by atoms with Crippen molar-refractivity contribution in [3.63, 3.8) is 0 Å². The van der Waals surface area contributed by atoms with Crippen LogP contribution in [0.2, 0.25) is 0 Å². The van der Waals surface area contributed by atoms with Crippen LogP contribution in [0.1, 0.15) is 76.9 Å². The molecule has 0 aliphatic rings. The summed E-state index contributed by atoms with van der Waals surface area (Å²) in [5.41, 5.74) is 0.478. The van der Waals surface area contributed by atoms with Crippen LogP contribution in [0.15, 0.2) is 42.2 Å². The van der Waals surface area contributed by atoms with Gasteiger partial charge >= 0.3 is 11.9 Å². The molecule has 0 saturated heterocycles. The Labute approximate surface area is 219 Å². The van der Waals surface area contributed by atoms with E-state index in [1.807, 2.05) is 19.9 Å². The average molecular weight is 511 g/mol. The van der Waals surface area contributed by atoms with Crippen molar-refractivity contribution < 1.29 is 33.3 Å². The zero-order chi connectivity index (χ0) is 28.0. The number of hydrogen-bond acceptors (Lipinski definition) is 7. The number of ether oxygens (including phenoxy) is 4. The zero-order valence-corrected chi connectivity index (χ0v) is 23.3. The molecule has 0 spiro atoms. The molecule has 0 bridgehead atoms. The predicted molar refractivity (Wildman–Crippen MR) is 143 cm³/mol. The summed E-state index contributed by atoms with van der Waals surface area (Å²) in [6, 6.07) is 9.81. The average Bonchev–Trinajstić information content (AvgIpc) is 2.82. The van der Waals surface area contributed by atoms with Crippen molar-refractivity contribution in [2.75, 3.05) is 13.7 Å². The van der Waals surface area contributed by atoms with Crippen LogP contribution in [0.3, 0.4) is 0 Å². The third-order valence-electron chi connectivity index (χ3n) is 5.36. The molecule has 0 unspecified atom stereocenters. The minimum Gasteiger partial charge on any atom is -0.493 e. The molecule has 0 aromatic heterocycles. The van der Waals surface area contributed by atoms with Crippen molar-refractivity contribution in [2.45, 2.75) is 61.8 Å². The predicted octanol–water partition coefficient (Wildman–Crippen LogP) is 6.42. The largest absolute Gasteiger partial charge is 0.493 e. The molecule has 200 valence electrons. The number of methoxy groups -OCH3 is 1. The Bertz CT molecular complexity index is 1160. The summed E-state index contributed by atoms with van der Waals surface area (Å²) in [7, 11) is 1.42. The van der Waals surface area contributed by atoms with E-state index in [0.717, 1.165) is 5.56 Å². The second kappa shape index (κ2) is 12.1. The monoisotopic (exact) mass is 510 g/mol. The lowest BCUT2D eigenvalue weighted by atomic mass is 9.97. The molecular formula is C30H38O7. The van der Waals surface area contributed by atoms with Gasteiger partial charge in [-0.2, -0.15) is 0 Å². The van der Waals surface area contributed by atoms with Gasteiger partial charge < -0.3 is 18.9 Å². The third kappa shape index (κ3) is 7.94. The summed E-state index contributed by atoms with van der Waals surface area (Å²) in [4.78, 5) is 37.8. The summed E-state index contributed by atoms with van der Waals surface area (Å²) in [6.45, 7) is 14.9. The second-order valence-electron chi connectivity index (χ2n) is 10.6. The van der Waals surface area contributed by atoms with Crippen LogP contribution in [-0.2, 0) is 20.7 Å². The number of hydrogen-bond donors (Lipinski definition) is 0. The molecule has 0 aliphatic carbocycles. The maximum Gasteiger partial charge on any atom is 0.316 e. The van der Waals surface area contributed by atoms with Crippen molar-refractivity contribution in [1.82, 2.24) is 0 Å². The van der Waals surface area contributed by atoms with Crippen molar-refractivity contribution in [3.05, 3.63) is 58.8 Å². The summed E-state index contributed by atoms with van der Waals surface area (Å²) < 4.78 is 22.3. The summed E-state index contributed by atoms with van der Waals surface area (Å²) in [6.07, 6.45) is 2.21. The fraction of sp³-hybridized carbons (Fsp3) is 0.433. The quantitative estimate of drug-likeness (QED) is 0.126. The number of Topliss-reactive ketones (excluding diaryl/α,β-unsaturated/α-hetero) is 1. The van der Waals surface area contributed by atoms with Crippen molar-refractivity contribution in [2.24, 2.45) is 10.8 Å². The van der Waals surface area contributed by atoms with E-state index in [-0.39, 0.29) is 23.5 Å². The molecule has 0 amide bonds. The van der Waals surface area contributed by atoms with Gasteiger partial charge in [-0.15, -0.1) is 0 Å². The minimum absolute atomic E-state index is 0.0990. The van der Waals surface area contributed by atoms with Gasteiger partial charge in [-0.1, -0.05) is 6.92 Å². The topological polar surface area (TPSA) is 88.1 Å². The number of ketones is 1. The van der Waals surface area contributed by atoms with Crippen LogP contribution in [0.25, 0.3) is 6.08 Å². The highest BCUT2D eigenvalue weighted by atomic mass is 16.5. The third-order valence-corrected chi connectivity index (χ3v) is 5.36. The van der Waals surface area contributed by atoms with Gasteiger partial charge in [0.15, 0.2) is 5.76 Å². The van der Waals surface area contributed by atoms with Gasteiger partial charge in [0.2, 0.25) is 5.78 Å². The lowest BCUT2D eigenvalue weighted by Crippen LogP contribution is -2.26. The van der Waals surface area contributed by atoms with E-state index in [9.17, 15) is 14.4 Å². The number of benzene rings is 2. The first-order chi connectivity index (χ1) is 17.2. The molecule has 2 rings (SSSR count). The molecule has 2 aromatic rings. The fourth-order valence-electron chi connectivity index (χ4n) is 3.08. The molecule has 7 heteroatoms. The van der Waals surface area contributed by atoms with Gasteiger partial charge in [0.05, 0.1) is 24.5 Å². The van der Waals surface area contributed by atoms with E-state index in [2.05, 4.69) is 0 Å². The molecule has 2 aromatic carbocycles. The van der Waals surface area contributed by atoms with Crippen LogP contribution in [0, 0.1) is 10.8 Å². The highest BCUT2D eigenvalue weighted by Gasteiger charge is 2.26. The van der Waals surface area contributed by atoms with Crippen molar-refractivity contribution >= 4 is 23.8 Å². The SMILES string of the molecule is CCOc1cc(OC(=O)C(C)(C)C)c(CC)cc1C=C(OC)C(=O)c1ccc(OC(=O)C(C)(C)C)cc1. The molecule has 0 atom stereocenters.